The topological polar surface area (TPSA) is 84.3 Å². The number of aromatic nitrogens is 2. The van der Waals surface area contributed by atoms with Crippen LogP contribution in [0.5, 0.6) is 5.75 Å². The minimum atomic E-state index is -0.940. The zero-order valence-corrected chi connectivity index (χ0v) is 10.3. The average molecular weight is 259 g/mol. The number of benzene rings is 1. The standard InChI is InChI=1S/C13H13N3O3/c1-19-10-4-2-9(3-5-10)11-6-12(16-8-15-11)14-7-13(17)18/h2-6,8H,7H2,1H3,(H,17,18)(H,14,15,16). The second kappa shape index (κ2) is 5.81. The molecule has 6 heteroatoms. The van der Waals surface area contributed by atoms with Crippen molar-refractivity contribution < 1.29 is 14.6 Å². The molecule has 0 aliphatic carbocycles. The van der Waals surface area contributed by atoms with E-state index in [0.717, 1.165) is 11.3 Å². The van der Waals surface area contributed by atoms with Crippen LogP contribution in [0.15, 0.2) is 36.7 Å². The van der Waals surface area contributed by atoms with E-state index in [1.165, 1.54) is 6.33 Å². The van der Waals surface area contributed by atoms with Crippen molar-refractivity contribution in [3.63, 3.8) is 0 Å². The van der Waals surface area contributed by atoms with Crippen LogP contribution in [0.25, 0.3) is 11.3 Å². The highest BCUT2D eigenvalue weighted by Gasteiger charge is 2.03. The monoisotopic (exact) mass is 259 g/mol. The van der Waals surface area contributed by atoms with Gasteiger partial charge in [-0.15, -0.1) is 0 Å². The minimum absolute atomic E-state index is 0.181. The van der Waals surface area contributed by atoms with Gasteiger partial charge in [-0.3, -0.25) is 4.79 Å². The molecule has 0 radical (unpaired) electrons. The lowest BCUT2D eigenvalue weighted by Crippen LogP contribution is -2.13. The maximum Gasteiger partial charge on any atom is 0.322 e. The van der Waals surface area contributed by atoms with Crippen LogP contribution in [0.2, 0.25) is 0 Å². The van der Waals surface area contributed by atoms with Crippen LogP contribution in [0.3, 0.4) is 0 Å². The Balaban J connectivity index is 2.19. The summed E-state index contributed by atoms with van der Waals surface area (Å²) in [5.41, 5.74) is 1.62. The average Bonchev–Trinajstić information content (AvgIpc) is 2.45. The van der Waals surface area contributed by atoms with Gasteiger partial charge >= 0.3 is 5.97 Å². The fraction of sp³-hybridized carbons (Fsp3) is 0.154. The zero-order valence-electron chi connectivity index (χ0n) is 10.3. The van der Waals surface area contributed by atoms with E-state index >= 15 is 0 Å². The molecule has 0 bridgehead atoms. The third-order valence-electron chi connectivity index (χ3n) is 2.47. The van der Waals surface area contributed by atoms with Crippen molar-refractivity contribution in [2.45, 2.75) is 0 Å². The van der Waals surface area contributed by atoms with E-state index in [4.69, 9.17) is 9.84 Å². The van der Waals surface area contributed by atoms with E-state index in [1.54, 1.807) is 13.2 Å². The van der Waals surface area contributed by atoms with E-state index in [0.29, 0.717) is 11.5 Å². The Morgan fingerprint density at radius 1 is 1.32 bits per heavy atom. The Morgan fingerprint density at radius 3 is 2.68 bits per heavy atom. The molecule has 98 valence electrons. The van der Waals surface area contributed by atoms with Crippen LogP contribution in [0.4, 0.5) is 5.82 Å². The van der Waals surface area contributed by atoms with Gasteiger partial charge in [-0.25, -0.2) is 9.97 Å². The van der Waals surface area contributed by atoms with Gasteiger partial charge in [0.25, 0.3) is 0 Å². The zero-order chi connectivity index (χ0) is 13.7. The third kappa shape index (κ3) is 3.41. The molecule has 1 aromatic carbocycles. The number of anilines is 1. The van der Waals surface area contributed by atoms with Crippen molar-refractivity contribution in [3.05, 3.63) is 36.7 Å². The predicted molar refractivity (Wildman–Crippen MR) is 70.1 cm³/mol. The lowest BCUT2D eigenvalue weighted by atomic mass is 10.1. The summed E-state index contributed by atoms with van der Waals surface area (Å²) in [6.07, 6.45) is 1.39. The first kappa shape index (κ1) is 12.8. The van der Waals surface area contributed by atoms with Crippen LogP contribution in [0.1, 0.15) is 0 Å². The molecule has 0 aliphatic rings. The first-order chi connectivity index (χ1) is 9.19. The van der Waals surface area contributed by atoms with E-state index in [-0.39, 0.29) is 6.54 Å². The Kier molecular flexibility index (Phi) is 3.92. The van der Waals surface area contributed by atoms with Crippen LogP contribution in [-0.4, -0.2) is 34.7 Å². The molecule has 0 fully saturated rings. The van der Waals surface area contributed by atoms with Crippen molar-refractivity contribution >= 4 is 11.8 Å². The normalized spacial score (nSPS) is 9.95. The van der Waals surface area contributed by atoms with E-state index in [1.807, 2.05) is 24.3 Å². The van der Waals surface area contributed by atoms with Gasteiger partial charge < -0.3 is 15.2 Å². The van der Waals surface area contributed by atoms with Gasteiger partial charge in [-0.05, 0) is 24.3 Å². The second-order valence-corrected chi connectivity index (χ2v) is 3.76. The van der Waals surface area contributed by atoms with Gasteiger partial charge in [-0.1, -0.05) is 0 Å². The summed E-state index contributed by atoms with van der Waals surface area (Å²) in [6.45, 7) is -0.181. The lowest BCUT2D eigenvalue weighted by molar-refractivity contribution is -0.134. The van der Waals surface area contributed by atoms with Crippen LogP contribution >= 0.6 is 0 Å². The number of ether oxygens (including phenoxy) is 1. The van der Waals surface area contributed by atoms with Crippen molar-refractivity contribution in [1.82, 2.24) is 9.97 Å². The van der Waals surface area contributed by atoms with Gasteiger partial charge in [0.1, 0.15) is 24.4 Å². The Morgan fingerprint density at radius 2 is 2.05 bits per heavy atom. The Labute approximate surface area is 110 Å². The number of hydrogen-bond acceptors (Lipinski definition) is 5. The molecule has 2 rings (SSSR count). The number of carboxylic acid groups (broad SMARTS) is 1. The molecule has 0 atom stereocenters. The highest BCUT2D eigenvalue weighted by Crippen LogP contribution is 2.21. The summed E-state index contributed by atoms with van der Waals surface area (Å²) in [7, 11) is 1.60. The number of carbonyl (C=O) groups is 1. The second-order valence-electron chi connectivity index (χ2n) is 3.76. The number of hydrogen-bond donors (Lipinski definition) is 2. The SMILES string of the molecule is COc1ccc(-c2cc(NCC(=O)O)ncn2)cc1. The Bertz CT molecular complexity index is 570. The van der Waals surface area contributed by atoms with E-state index in [9.17, 15) is 4.79 Å². The summed E-state index contributed by atoms with van der Waals surface area (Å²) in [5.74, 6) is 0.301. The Hall–Kier alpha value is -2.63. The van der Waals surface area contributed by atoms with Crippen molar-refractivity contribution in [3.8, 4) is 17.0 Å². The first-order valence-electron chi connectivity index (χ1n) is 5.61. The summed E-state index contributed by atoms with van der Waals surface area (Å²) in [6, 6.07) is 9.12. The van der Waals surface area contributed by atoms with Gasteiger partial charge in [0, 0.05) is 11.6 Å². The van der Waals surface area contributed by atoms with E-state index in [2.05, 4.69) is 15.3 Å². The maximum atomic E-state index is 10.5. The maximum absolute atomic E-state index is 10.5. The smallest absolute Gasteiger partial charge is 0.322 e. The van der Waals surface area contributed by atoms with Crippen LogP contribution in [0, 0.1) is 0 Å². The summed E-state index contributed by atoms with van der Waals surface area (Å²) in [4.78, 5) is 18.6. The fourth-order valence-electron chi connectivity index (χ4n) is 1.54. The molecule has 2 aromatic rings. The molecular formula is C13H13N3O3. The quantitative estimate of drug-likeness (QED) is 0.849. The number of rotatable bonds is 5. The largest absolute Gasteiger partial charge is 0.497 e. The molecule has 0 aliphatic heterocycles. The van der Waals surface area contributed by atoms with Crippen molar-refractivity contribution in [1.29, 1.82) is 0 Å². The lowest BCUT2D eigenvalue weighted by Gasteiger charge is -2.05. The van der Waals surface area contributed by atoms with Crippen molar-refractivity contribution in [2.24, 2.45) is 0 Å². The van der Waals surface area contributed by atoms with Crippen molar-refractivity contribution in [2.75, 3.05) is 19.0 Å². The third-order valence-corrected chi connectivity index (χ3v) is 2.47. The summed E-state index contributed by atoms with van der Waals surface area (Å²) < 4.78 is 5.08. The van der Waals surface area contributed by atoms with Crippen LogP contribution in [-0.2, 0) is 4.79 Å². The molecule has 1 heterocycles. The minimum Gasteiger partial charge on any atom is -0.497 e. The highest BCUT2D eigenvalue weighted by atomic mass is 16.5. The molecule has 2 N–H and O–H groups in total. The molecular weight excluding hydrogens is 246 g/mol. The molecule has 0 amide bonds. The molecule has 0 saturated carbocycles. The number of nitrogens with one attached hydrogen (secondary N) is 1. The van der Waals surface area contributed by atoms with E-state index < -0.39 is 5.97 Å². The molecule has 1 aromatic heterocycles. The summed E-state index contributed by atoms with van der Waals surface area (Å²) >= 11 is 0. The predicted octanol–water partition coefficient (Wildman–Crippen LogP) is 1.65. The van der Waals surface area contributed by atoms with Gasteiger partial charge in [-0.2, -0.15) is 0 Å². The number of carboxylic acids is 1. The van der Waals surface area contributed by atoms with Gasteiger partial charge in [0.05, 0.1) is 12.8 Å². The fourth-order valence-corrected chi connectivity index (χ4v) is 1.54. The number of nitrogens with zero attached hydrogens (tertiary/aromatic N) is 2. The van der Waals surface area contributed by atoms with Gasteiger partial charge in [0.2, 0.25) is 0 Å². The number of aliphatic carboxylic acids is 1. The molecule has 0 saturated heterocycles. The molecule has 6 nitrogen and oxygen atoms in total. The molecule has 19 heavy (non-hydrogen) atoms. The first-order valence-corrected chi connectivity index (χ1v) is 5.61. The number of methoxy groups -OCH3 is 1. The highest BCUT2D eigenvalue weighted by molar-refractivity contribution is 5.72. The van der Waals surface area contributed by atoms with Gasteiger partial charge in [0.15, 0.2) is 0 Å². The van der Waals surface area contributed by atoms with Crippen LogP contribution < -0.4 is 10.1 Å². The molecule has 0 unspecified atom stereocenters. The summed E-state index contributed by atoms with van der Waals surface area (Å²) in [5, 5.41) is 11.3. The molecule has 0 spiro atoms.